The molecule has 0 amide bonds. The molecule has 17 heavy (non-hydrogen) atoms. The van der Waals surface area contributed by atoms with E-state index in [-0.39, 0.29) is 11.8 Å². The third-order valence-electron chi connectivity index (χ3n) is 2.75. The lowest BCUT2D eigenvalue weighted by atomic mass is 10.2. The normalized spacial score (nSPS) is 12.8. The highest BCUT2D eigenvalue weighted by Crippen LogP contribution is 2.19. The fourth-order valence-electron chi connectivity index (χ4n) is 1.37. The molecule has 0 radical (unpaired) electrons. The van der Waals surface area contributed by atoms with Gasteiger partial charge in [0.1, 0.15) is 6.04 Å². The summed E-state index contributed by atoms with van der Waals surface area (Å²) in [5, 5.41) is 8.80. The van der Waals surface area contributed by atoms with Crippen LogP contribution in [0.4, 0.5) is 5.69 Å². The van der Waals surface area contributed by atoms with Crippen LogP contribution in [0.15, 0.2) is 29.2 Å². The number of hydrogen-bond acceptors (Lipinski definition) is 4. The van der Waals surface area contributed by atoms with Crippen molar-refractivity contribution in [2.45, 2.75) is 24.8 Å². The van der Waals surface area contributed by atoms with E-state index < -0.39 is 9.84 Å². The third-order valence-corrected chi connectivity index (χ3v) is 4.50. The van der Waals surface area contributed by atoms with Crippen LogP contribution in [0.1, 0.15) is 13.8 Å². The molecular weight excluding hydrogens is 236 g/mol. The van der Waals surface area contributed by atoms with Crippen LogP contribution in [0.25, 0.3) is 0 Å². The average Bonchev–Trinajstić information content (AvgIpc) is 2.37. The molecule has 1 unspecified atom stereocenters. The molecule has 0 saturated heterocycles. The van der Waals surface area contributed by atoms with Crippen LogP contribution < -0.4 is 4.90 Å². The predicted molar refractivity (Wildman–Crippen MR) is 67.6 cm³/mol. The molecule has 1 atom stereocenters. The van der Waals surface area contributed by atoms with Crippen molar-refractivity contribution in [3.05, 3.63) is 24.3 Å². The van der Waals surface area contributed by atoms with E-state index in [0.717, 1.165) is 5.69 Å². The lowest BCUT2D eigenvalue weighted by molar-refractivity contribution is 0.597. The first-order valence-corrected chi connectivity index (χ1v) is 7.03. The van der Waals surface area contributed by atoms with Gasteiger partial charge in [0.05, 0.1) is 16.7 Å². The molecule has 5 heteroatoms. The van der Waals surface area contributed by atoms with Gasteiger partial charge in [-0.15, -0.1) is 0 Å². The van der Waals surface area contributed by atoms with Crippen molar-refractivity contribution >= 4 is 15.5 Å². The van der Waals surface area contributed by atoms with E-state index in [1.807, 2.05) is 0 Å². The fraction of sp³-hybridized carbons (Fsp3) is 0.417. The molecule has 0 aliphatic rings. The number of nitriles is 1. The molecule has 0 aliphatic heterocycles. The van der Waals surface area contributed by atoms with E-state index in [1.165, 1.54) is 0 Å². The first-order chi connectivity index (χ1) is 7.92. The highest BCUT2D eigenvalue weighted by atomic mass is 32.2. The molecule has 0 heterocycles. The SMILES string of the molecule is CCS(=O)(=O)c1ccc(N(C)C(C)C#N)cc1. The number of nitrogens with zero attached hydrogens (tertiary/aromatic N) is 2. The Morgan fingerprint density at radius 3 is 2.29 bits per heavy atom. The molecule has 1 aromatic rings. The van der Waals surface area contributed by atoms with Crippen LogP contribution in [0.2, 0.25) is 0 Å². The summed E-state index contributed by atoms with van der Waals surface area (Å²) in [6, 6.07) is 8.47. The van der Waals surface area contributed by atoms with Gasteiger partial charge in [0, 0.05) is 12.7 Å². The monoisotopic (exact) mass is 252 g/mol. The molecule has 1 aromatic carbocycles. The van der Waals surface area contributed by atoms with Gasteiger partial charge in [-0.1, -0.05) is 6.92 Å². The Morgan fingerprint density at radius 1 is 1.35 bits per heavy atom. The van der Waals surface area contributed by atoms with Gasteiger partial charge in [0.2, 0.25) is 0 Å². The first kappa shape index (κ1) is 13.5. The maximum atomic E-state index is 11.6. The molecule has 1 rings (SSSR count). The lowest BCUT2D eigenvalue weighted by Gasteiger charge is -2.21. The Bertz CT molecular complexity index is 514. The summed E-state index contributed by atoms with van der Waals surface area (Å²) in [6.45, 7) is 3.41. The van der Waals surface area contributed by atoms with E-state index in [9.17, 15) is 8.42 Å². The Balaban J connectivity index is 3.01. The number of benzene rings is 1. The molecule has 0 aromatic heterocycles. The highest BCUT2D eigenvalue weighted by Gasteiger charge is 2.13. The lowest BCUT2D eigenvalue weighted by Crippen LogP contribution is -2.27. The van der Waals surface area contributed by atoms with Gasteiger partial charge >= 0.3 is 0 Å². The molecule has 0 bridgehead atoms. The Morgan fingerprint density at radius 2 is 1.88 bits per heavy atom. The van der Waals surface area contributed by atoms with Gasteiger partial charge in [-0.2, -0.15) is 5.26 Å². The molecule has 0 saturated carbocycles. The predicted octanol–water partition coefficient (Wildman–Crippen LogP) is 1.83. The number of anilines is 1. The van der Waals surface area contributed by atoms with Gasteiger partial charge in [-0.25, -0.2) is 8.42 Å². The number of rotatable bonds is 4. The molecule has 0 aliphatic carbocycles. The van der Waals surface area contributed by atoms with E-state index in [2.05, 4.69) is 6.07 Å². The van der Waals surface area contributed by atoms with E-state index in [0.29, 0.717) is 4.90 Å². The van der Waals surface area contributed by atoms with Crippen molar-refractivity contribution in [2.24, 2.45) is 0 Å². The van der Waals surface area contributed by atoms with Gasteiger partial charge in [0.25, 0.3) is 0 Å². The van der Waals surface area contributed by atoms with Crippen LogP contribution in [0.3, 0.4) is 0 Å². The minimum Gasteiger partial charge on any atom is -0.359 e. The smallest absolute Gasteiger partial charge is 0.178 e. The molecule has 0 fully saturated rings. The molecule has 92 valence electrons. The maximum Gasteiger partial charge on any atom is 0.178 e. The molecule has 0 N–H and O–H groups in total. The van der Waals surface area contributed by atoms with Crippen LogP contribution in [0.5, 0.6) is 0 Å². The topological polar surface area (TPSA) is 61.2 Å². The van der Waals surface area contributed by atoms with Gasteiger partial charge in [0.15, 0.2) is 9.84 Å². The highest BCUT2D eigenvalue weighted by molar-refractivity contribution is 7.91. The van der Waals surface area contributed by atoms with E-state index >= 15 is 0 Å². The standard InChI is InChI=1S/C12H16N2O2S/c1-4-17(15,16)12-7-5-11(6-8-12)14(3)10(2)9-13/h5-8,10H,4H2,1-3H3. The summed E-state index contributed by atoms with van der Waals surface area (Å²) in [5.41, 5.74) is 0.828. The quantitative estimate of drug-likeness (QED) is 0.820. The van der Waals surface area contributed by atoms with Gasteiger partial charge in [-0.05, 0) is 31.2 Å². The number of hydrogen-bond donors (Lipinski definition) is 0. The minimum atomic E-state index is -3.15. The van der Waals surface area contributed by atoms with Crippen LogP contribution >= 0.6 is 0 Å². The van der Waals surface area contributed by atoms with Crippen molar-refractivity contribution in [1.82, 2.24) is 0 Å². The summed E-state index contributed by atoms with van der Waals surface area (Å²) < 4.78 is 23.2. The first-order valence-electron chi connectivity index (χ1n) is 5.37. The van der Waals surface area contributed by atoms with Crippen LogP contribution in [-0.2, 0) is 9.84 Å². The zero-order chi connectivity index (χ0) is 13.1. The van der Waals surface area contributed by atoms with Crippen molar-refractivity contribution in [2.75, 3.05) is 17.7 Å². The fourth-order valence-corrected chi connectivity index (χ4v) is 2.25. The van der Waals surface area contributed by atoms with Crippen molar-refractivity contribution in [3.8, 4) is 6.07 Å². The molecule has 4 nitrogen and oxygen atoms in total. The zero-order valence-electron chi connectivity index (χ0n) is 10.2. The number of sulfone groups is 1. The van der Waals surface area contributed by atoms with Crippen molar-refractivity contribution < 1.29 is 8.42 Å². The van der Waals surface area contributed by atoms with E-state index in [1.54, 1.807) is 50.1 Å². The second-order valence-corrected chi connectivity index (χ2v) is 6.09. The largest absolute Gasteiger partial charge is 0.359 e. The second kappa shape index (κ2) is 5.19. The summed E-state index contributed by atoms with van der Waals surface area (Å²) in [7, 11) is -1.35. The summed E-state index contributed by atoms with van der Waals surface area (Å²) in [6.07, 6.45) is 0. The van der Waals surface area contributed by atoms with Crippen molar-refractivity contribution in [1.29, 1.82) is 5.26 Å². The second-order valence-electron chi connectivity index (χ2n) is 3.81. The van der Waals surface area contributed by atoms with E-state index in [4.69, 9.17) is 5.26 Å². The summed E-state index contributed by atoms with van der Waals surface area (Å²) >= 11 is 0. The Labute approximate surface area is 102 Å². The summed E-state index contributed by atoms with van der Waals surface area (Å²) in [4.78, 5) is 2.12. The average molecular weight is 252 g/mol. The minimum absolute atomic E-state index is 0.0940. The zero-order valence-corrected chi connectivity index (χ0v) is 11.0. The Hall–Kier alpha value is -1.54. The third kappa shape index (κ3) is 2.98. The van der Waals surface area contributed by atoms with Crippen LogP contribution in [0, 0.1) is 11.3 Å². The molecule has 0 spiro atoms. The maximum absolute atomic E-state index is 11.6. The van der Waals surface area contributed by atoms with Crippen LogP contribution in [-0.4, -0.2) is 27.3 Å². The Kier molecular flexibility index (Phi) is 4.13. The van der Waals surface area contributed by atoms with Gasteiger partial charge in [-0.3, -0.25) is 0 Å². The van der Waals surface area contributed by atoms with Crippen molar-refractivity contribution in [3.63, 3.8) is 0 Å². The molecular formula is C12H16N2O2S. The van der Waals surface area contributed by atoms with Gasteiger partial charge < -0.3 is 4.90 Å². The summed E-state index contributed by atoms with van der Waals surface area (Å²) in [5.74, 6) is 0.0940.